The minimum absolute atomic E-state index is 0.00884. The molecule has 2 aromatic rings. The third kappa shape index (κ3) is 5.64. The predicted octanol–water partition coefficient (Wildman–Crippen LogP) is 2.38. The van der Waals surface area contributed by atoms with E-state index < -0.39 is 22.2 Å². The molecule has 2 fully saturated rings. The van der Waals surface area contributed by atoms with Crippen LogP contribution in [-0.4, -0.2) is 56.6 Å². The number of benzene rings is 2. The van der Waals surface area contributed by atoms with E-state index in [1.165, 1.54) is 16.4 Å². The van der Waals surface area contributed by atoms with Crippen LogP contribution >= 0.6 is 0 Å². The maximum atomic E-state index is 13.4. The van der Waals surface area contributed by atoms with E-state index >= 15 is 0 Å². The molecule has 0 radical (unpaired) electrons. The molecule has 0 saturated carbocycles. The molecule has 0 aromatic heterocycles. The normalized spacial score (nSPS) is 21.2. The molecule has 2 N–H and O–H groups in total. The number of rotatable bonds is 7. The maximum absolute atomic E-state index is 13.4. The number of carbonyl (C=O) groups is 2. The Balaban J connectivity index is 1.41. The lowest BCUT2D eigenvalue weighted by atomic mass is 10.1. The average molecular weight is 488 g/mol. The van der Waals surface area contributed by atoms with Gasteiger partial charge < -0.3 is 10.1 Å². The van der Waals surface area contributed by atoms with Crippen LogP contribution in [0.15, 0.2) is 53.4 Å². The number of sulfonamides is 1. The lowest BCUT2D eigenvalue weighted by molar-refractivity contribution is -0.186. The van der Waals surface area contributed by atoms with Gasteiger partial charge in [0.25, 0.3) is 11.8 Å². The largest absolute Gasteiger partial charge is 0.350 e. The molecule has 34 heavy (non-hydrogen) atoms. The fourth-order valence-corrected chi connectivity index (χ4v) is 5.72. The zero-order valence-corrected chi connectivity index (χ0v) is 19.8. The van der Waals surface area contributed by atoms with E-state index in [1.807, 2.05) is 19.1 Å². The van der Waals surface area contributed by atoms with Gasteiger partial charge in [-0.25, -0.2) is 18.7 Å². The minimum Gasteiger partial charge on any atom is -0.350 e. The molecule has 0 spiro atoms. The van der Waals surface area contributed by atoms with Crippen LogP contribution in [0.25, 0.3) is 0 Å². The molecule has 4 rings (SSSR count). The van der Waals surface area contributed by atoms with Gasteiger partial charge in [0.05, 0.1) is 10.5 Å². The van der Waals surface area contributed by atoms with E-state index in [9.17, 15) is 18.0 Å². The smallest absolute Gasteiger partial charge is 0.276 e. The first-order chi connectivity index (χ1) is 16.3. The lowest BCUT2D eigenvalue weighted by Crippen LogP contribution is -2.39. The van der Waals surface area contributed by atoms with E-state index in [4.69, 9.17) is 9.57 Å². The van der Waals surface area contributed by atoms with Gasteiger partial charge in [0.2, 0.25) is 10.0 Å². The molecule has 0 aliphatic carbocycles. The molecule has 2 heterocycles. The summed E-state index contributed by atoms with van der Waals surface area (Å²) in [6.45, 7) is 2.86. The molecule has 2 atom stereocenters. The summed E-state index contributed by atoms with van der Waals surface area (Å²) in [5, 5.41) is 2.90. The van der Waals surface area contributed by atoms with Gasteiger partial charge in [0, 0.05) is 37.7 Å². The average Bonchev–Trinajstić information content (AvgIpc) is 3.33. The molecule has 9 nitrogen and oxygen atoms in total. The summed E-state index contributed by atoms with van der Waals surface area (Å²) in [5.41, 5.74) is 3.89. The number of nitrogens with zero attached hydrogens (tertiary/aromatic N) is 1. The molecule has 2 aliphatic heterocycles. The Kier molecular flexibility index (Phi) is 7.62. The van der Waals surface area contributed by atoms with Crippen molar-refractivity contribution in [2.24, 2.45) is 0 Å². The van der Waals surface area contributed by atoms with Crippen molar-refractivity contribution in [3.05, 3.63) is 65.2 Å². The fourth-order valence-electron chi connectivity index (χ4n) is 4.03. The molecule has 0 bridgehead atoms. The molecular weight excluding hydrogens is 458 g/mol. The standard InChI is InChI=1S/C24H29N3O6S/c1-17-9-11-18(12-10-17)23(28)25-19-13-14-27(16-19)34(30,31)21-7-3-2-6-20(21)24(29)26-33-22-8-4-5-15-32-22/h2-3,6-7,9-12,19,22H,4-5,8,13-16H2,1H3,(H,25,28)(H,26,29). The summed E-state index contributed by atoms with van der Waals surface area (Å²) >= 11 is 0. The highest BCUT2D eigenvalue weighted by atomic mass is 32.2. The summed E-state index contributed by atoms with van der Waals surface area (Å²) in [6, 6.07) is 12.9. The third-order valence-electron chi connectivity index (χ3n) is 5.97. The molecule has 2 saturated heterocycles. The number of aryl methyl sites for hydroxylation is 1. The lowest BCUT2D eigenvalue weighted by Gasteiger charge is -2.23. The Morgan fingerprint density at radius 3 is 2.53 bits per heavy atom. The van der Waals surface area contributed by atoms with Crippen LogP contribution in [0, 0.1) is 6.92 Å². The van der Waals surface area contributed by atoms with Crippen molar-refractivity contribution in [3.8, 4) is 0 Å². The van der Waals surface area contributed by atoms with Gasteiger partial charge >= 0.3 is 0 Å². The van der Waals surface area contributed by atoms with Crippen LogP contribution in [0.1, 0.15) is 52.0 Å². The predicted molar refractivity (Wildman–Crippen MR) is 124 cm³/mol. The number of carbonyl (C=O) groups excluding carboxylic acids is 2. The second kappa shape index (κ2) is 10.6. The van der Waals surface area contributed by atoms with Gasteiger partial charge in [-0.15, -0.1) is 0 Å². The Hall–Kier alpha value is -2.79. The number of nitrogens with one attached hydrogen (secondary N) is 2. The van der Waals surface area contributed by atoms with Crippen LogP contribution in [0.5, 0.6) is 0 Å². The highest BCUT2D eigenvalue weighted by Crippen LogP contribution is 2.24. The highest BCUT2D eigenvalue weighted by molar-refractivity contribution is 7.89. The van der Waals surface area contributed by atoms with Gasteiger partial charge in [-0.05, 0) is 50.5 Å². The van der Waals surface area contributed by atoms with E-state index in [0.717, 1.165) is 18.4 Å². The van der Waals surface area contributed by atoms with Gasteiger partial charge in [0.15, 0.2) is 6.29 Å². The number of amides is 2. The van der Waals surface area contributed by atoms with Crippen molar-refractivity contribution in [3.63, 3.8) is 0 Å². The van der Waals surface area contributed by atoms with Gasteiger partial charge in [0.1, 0.15) is 0 Å². The summed E-state index contributed by atoms with van der Waals surface area (Å²) in [6.07, 6.45) is 2.47. The van der Waals surface area contributed by atoms with Gasteiger partial charge in [-0.1, -0.05) is 29.8 Å². The molecule has 2 amide bonds. The van der Waals surface area contributed by atoms with Crippen molar-refractivity contribution < 1.29 is 27.6 Å². The van der Waals surface area contributed by atoms with Crippen LogP contribution in [0.2, 0.25) is 0 Å². The fraction of sp³-hybridized carbons (Fsp3) is 0.417. The zero-order valence-electron chi connectivity index (χ0n) is 19.0. The van der Waals surface area contributed by atoms with Gasteiger partial charge in [-0.3, -0.25) is 9.59 Å². The second-order valence-electron chi connectivity index (χ2n) is 8.53. The first-order valence-corrected chi connectivity index (χ1v) is 12.8. The summed E-state index contributed by atoms with van der Waals surface area (Å²) in [7, 11) is -3.96. The van der Waals surface area contributed by atoms with Crippen LogP contribution < -0.4 is 10.8 Å². The SMILES string of the molecule is Cc1ccc(C(=O)NC2CCN(S(=O)(=O)c3ccccc3C(=O)NOC3CCCCO3)C2)cc1. The number of hydroxylamine groups is 1. The van der Waals surface area contributed by atoms with E-state index in [0.29, 0.717) is 25.0 Å². The first kappa shape index (κ1) is 24.3. The Labute approximate surface area is 199 Å². The van der Waals surface area contributed by atoms with E-state index in [1.54, 1.807) is 24.3 Å². The van der Waals surface area contributed by atoms with Crippen LogP contribution in [0.4, 0.5) is 0 Å². The van der Waals surface area contributed by atoms with Crippen LogP contribution in [-0.2, 0) is 19.6 Å². The maximum Gasteiger partial charge on any atom is 0.276 e. The molecule has 2 aliphatic rings. The first-order valence-electron chi connectivity index (χ1n) is 11.4. The Bertz CT molecular complexity index is 1130. The molecule has 182 valence electrons. The number of ether oxygens (including phenoxy) is 1. The zero-order chi connectivity index (χ0) is 24.1. The van der Waals surface area contributed by atoms with Crippen molar-refractivity contribution in [2.75, 3.05) is 19.7 Å². The molecular formula is C24H29N3O6S. The quantitative estimate of drug-likeness (QED) is 0.580. The number of hydrogen-bond donors (Lipinski definition) is 2. The Morgan fingerprint density at radius 1 is 1.03 bits per heavy atom. The van der Waals surface area contributed by atoms with Crippen molar-refractivity contribution in [1.82, 2.24) is 15.1 Å². The second-order valence-corrected chi connectivity index (χ2v) is 10.4. The molecule has 10 heteroatoms. The van der Waals surface area contributed by atoms with Crippen LogP contribution in [0.3, 0.4) is 0 Å². The molecule has 2 unspecified atom stereocenters. The summed E-state index contributed by atoms with van der Waals surface area (Å²) in [4.78, 5) is 30.5. The molecule has 2 aromatic carbocycles. The van der Waals surface area contributed by atoms with Crippen molar-refractivity contribution in [1.29, 1.82) is 0 Å². The minimum atomic E-state index is -3.96. The van der Waals surface area contributed by atoms with E-state index in [2.05, 4.69) is 10.8 Å². The van der Waals surface area contributed by atoms with Gasteiger partial charge in [-0.2, -0.15) is 4.31 Å². The highest BCUT2D eigenvalue weighted by Gasteiger charge is 2.35. The summed E-state index contributed by atoms with van der Waals surface area (Å²) in [5.74, 6) is -0.900. The summed E-state index contributed by atoms with van der Waals surface area (Å²) < 4.78 is 33.5. The third-order valence-corrected chi connectivity index (χ3v) is 7.89. The van der Waals surface area contributed by atoms with E-state index in [-0.39, 0.29) is 35.5 Å². The Morgan fingerprint density at radius 2 is 1.79 bits per heavy atom. The monoisotopic (exact) mass is 487 g/mol. The van der Waals surface area contributed by atoms with Crippen molar-refractivity contribution >= 4 is 21.8 Å². The van der Waals surface area contributed by atoms with Crippen molar-refractivity contribution in [2.45, 2.75) is 49.8 Å². The number of hydrogen-bond acceptors (Lipinski definition) is 6. The topological polar surface area (TPSA) is 114 Å².